The van der Waals surface area contributed by atoms with Crippen molar-refractivity contribution in [3.05, 3.63) is 57.0 Å². The molecule has 0 radical (unpaired) electrons. The molecular weight excluding hydrogens is 332 g/mol. The lowest BCUT2D eigenvalue weighted by Crippen LogP contribution is -1.82. The Hall–Kier alpha value is -0.930. The van der Waals surface area contributed by atoms with Gasteiger partial charge in [0.2, 0.25) is 0 Å². The van der Waals surface area contributed by atoms with Gasteiger partial charge in [0.05, 0.1) is 0 Å². The molecule has 0 spiro atoms. The topological polar surface area (TPSA) is 17.1 Å². The number of halogens is 2. The highest BCUT2D eigenvalue weighted by Gasteiger charge is 2.01. The van der Waals surface area contributed by atoms with Crippen LogP contribution in [0.2, 0.25) is 0 Å². The van der Waals surface area contributed by atoms with Crippen LogP contribution >= 0.6 is 31.9 Å². The molecule has 0 saturated carbocycles. The standard InChI is InChI=1S/C13H8Br2O/c14-12-5-11(6-13(15)7-12)10-3-1-9(8-16)2-4-10/h1-8H. The minimum Gasteiger partial charge on any atom is -0.298 e. The molecule has 0 N–H and O–H groups in total. The van der Waals surface area contributed by atoms with Gasteiger partial charge in [-0.1, -0.05) is 56.1 Å². The van der Waals surface area contributed by atoms with Crippen LogP contribution in [-0.2, 0) is 0 Å². The Morgan fingerprint density at radius 1 is 0.812 bits per heavy atom. The molecule has 3 heteroatoms. The summed E-state index contributed by atoms with van der Waals surface area (Å²) in [5.74, 6) is 0. The predicted molar refractivity (Wildman–Crippen MR) is 72.7 cm³/mol. The zero-order chi connectivity index (χ0) is 11.5. The third-order valence-corrected chi connectivity index (χ3v) is 3.16. The normalized spacial score (nSPS) is 10.1. The van der Waals surface area contributed by atoms with Gasteiger partial charge in [0, 0.05) is 14.5 Å². The van der Waals surface area contributed by atoms with Gasteiger partial charge in [-0.2, -0.15) is 0 Å². The second-order valence-corrected chi connectivity index (χ2v) is 5.23. The van der Waals surface area contributed by atoms with Gasteiger partial charge in [-0.25, -0.2) is 0 Å². The van der Waals surface area contributed by atoms with Gasteiger partial charge >= 0.3 is 0 Å². The van der Waals surface area contributed by atoms with Crippen molar-refractivity contribution < 1.29 is 4.79 Å². The van der Waals surface area contributed by atoms with Crippen molar-refractivity contribution in [2.45, 2.75) is 0 Å². The van der Waals surface area contributed by atoms with Crippen LogP contribution in [0, 0.1) is 0 Å². The van der Waals surface area contributed by atoms with Crippen molar-refractivity contribution in [1.82, 2.24) is 0 Å². The van der Waals surface area contributed by atoms with E-state index in [1.807, 2.05) is 42.5 Å². The smallest absolute Gasteiger partial charge is 0.150 e. The predicted octanol–water partition coefficient (Wildman–Crippen LogP) is 4.69. The minimum atomic E-state index is 0.692. The van der Waals surface area contributed by atoms with Crippen LogP contribution in [0.4, 0.5) is 0 Å². The third-order valence-electron chi connectivity index (χ3n) is 2.24. The summed E-state index contributed by atoms with van der Waals surface area (Å²) in [6.07, 6.45) is 0.848. The molecule has 0 unspecified atom stereocenters. The molecule has 2 aromatic carbocycles. The molecule has 2 rings (SSSR count). The number of aldehydes is 1. The fourth-order valence-corrected chi connectivity index (χ4v) is 2.77. The van der Waals surface area contributed by atoms with E-state index in [1.54, 1.807) is 0 Å². The van der Waals surface area contributed by atoms with Crippen molar-refractivity contribution in [1.29, 1.82) is 0 Å². The lowest BCUT2D eigenvalue weighted by Gasteiger charge is -2.04. The summed E-state index contributed by atoms with van der Waals surface area (Å²) in [6, 6.07) is 13.6. The number of hydrogen-bond donors (Lipinski definition) is 0. The summed E-state index contributed by atoms with van der Waals surface area (Å²) in [5, 5.41) is 0. The van der Waals surface area contributed by atoms with Gasteiger partial charge in [0.25, 0.3) is 0 Å². The van der Waals surface area contributed by atoms with E-state index >= 15 is 0 Å². The van der Waals surface area contributed by atoms with E-state index in [9.17, 15) is 4.79 Å². The van der Waals surface area contributed by atoms with E-state index in [4.69, 9.17) is 0 Å². The molecule has 2 aromatic rings. The molecule has 0 aliphatic carbocycles. The Labute approximate surface area is 111 Å². The Kier molecular flexibility index (Phi) is 3.56. The zero-order valence-corrected chi connectivity index (χ0v) is 11.5. The molecule has 0 aliphatic heterocycles. The molecule has 1 nitrogen and oxygen atoms in total. The summed E-state index contributed by atoms with van der Waals surface area (Å²) in [7, 11) is 0. The molecule has 0 aromatic heterocycles. The van der Waals surface area contributed by atoms with Crippen LogP contribution in [0.15, 0.2) is 51.4 Å². The van der Waals surface area contributed by atoms with Crippen molar-refractivity contribution in [2.24, 2.45) is 0 Å². The summed E-state index contributed by atoms with van der Waals surface area (Å²) in [5.41, 5.74) is 2.89. The summed E-state index contributed by atoms with van der Waals surface area (Å²) in [4.78, 5) is 10.5. The minimum absolute atomic E-state index is 0.692. The SMILES string of the molecule is O=Cc1ccc(-c2cc(Br)cc(Br)c2)cc1. The monoisotopic (exact) mass is 338 g/mol. The lowest BCUT2D eigenvalue weighted by molar-refractivity contribution is 0.112. The van der Waals surface area contributed by atoms with Crippen LogP contribution in [0.3, 0.4) is 0 Å². The van der Waals surface area contributed by atoms with E-state index in [2.05, 4.69) is 31.9 Å². The average Bonchev–Trinajstić information content (AvgIpc) is 2.28. The maximum atomic E-state index is 10.5. The molecule has 0 heterocycles. The Morgan fingerprint density at radius 2 is 1.38 bits per heavy atom. The highest BCUT2D eigenvalue weighted by atomic mass is 79.9. The fourth-order valence-electron chi connectivity index (χ4n) is 1.47. The first-order valence-electron chi connectivity index (χ1n) is 4.71. The molecule has 16 heavy (non-hydrogen) atoms. The van der Waals surface area contributed by atoms with Gasteiger partial charge in [-0.05, 0) is 29.3 Å². The molecule has 0 saturated heterocycles. The van der Waals surface area contributed by atoms with Crippen LogP contribution < -0.4 is 0 Å². The second kappa shape index (κ2) is 4.93. The molecule has 0 bridgehead atoms. The Balaban J connectivity index is 2.45. The van der Waals surface area contributed by atoms with Crippen LogP contribution in [0.1, 0.15) is 10.4 Å². The Bertz CT molecular complexity index is 498. The first kappa shape index (κ1) is 11.6. The van der Waals surface area contributed by atoms with Crippen molar-refractivity contribution in [2.75, 3.05) is 0 Å². The number of rotatable bonds is 2. The molecular formula is C13H8Br2O. The molecule has 0 aliphatic rings. The second-order valence-electron chi connectivity index (χ2n) is 3.40. The van der Waals surface area contributed by atoms with Crippen molar-refractivity contribution in [3.63, 3.8) is 0 Å². The van der Waals surface area contributed by atoms with E-state index in [0.717, 1.165) is 26.4 Å². The number of carbonyl (C=O) groups is 1. The van der Waals surface area contributed by atoms with E-state index in [0.29, 0.717) is 5.56 Å². The van der Waals surface area contributed by atoms with Crippen LogP contribution in [0.25, 0.3) is 11.1 Å². The van der Waals surface area contributed by atoms with Gasteiger partial charge in [0.15, 0.2) is 0 Å². The lowest BCUT2D eigenvalue weighted by atomic mass is 10.0. The van der Waals surface area contributed by atoms with E-state index in [1.165, 1.54) is 0 Å². The van der Waals surface area contributed by atoms with E-state index < -0.39 is 0 Å². The number of hydrogen-bond acceptors (Lipinski definition) is 1. The first-order chi connectivity index (χ1) is 7.69. The fraction of sp³-hybridized carbons (Fsp3) is 0. The first-order valence-corrected chi connectivity index (χ1v) is 6.29. The molecule has 0 amide bonds. The van der Waals surface area contributed by atoms with Crippen molar-refractivity contribution in [3.8, 4) is 11.1 Å². The van der Waals surface area contributed by atoms with E-state index in [-0.39, 0.29) is 0 Å². The maximum Gasteiger partial charge on any atom is 0.150 e. The Morgan fingerprint density at radius 3 is 1.88 bits per heavy atom. The average molecular weight is 340 g/mol. The summed E-state index contributed by atoms with van der Waals surface area (Å²) < 4.78 is 2.05. The van der Waals surface area contributed by atoms with Gasteiger partial charge in [0.1, 0.15) is 6.29 Å². The highest BCUT2D eigenvalue weighted by Crippen LogP contribution is 2.27. The zero-order valence-electron chi connectivity index (χ0n) is 8.28. The highest BCUT2D eigenvalue weighted by molar-refractivity contribution is 9.11. The number of benzene rings is 2. The summed E-state index contributed by atoms with van der Waals surface area (Å²) in [6.45, 7) is 0. The van der Waals surface area contributed by atoms with Gasteiger partial charge < -0.3 is 0 Å². The largest absolute Gasteiger partial charge is 0.298 e. The van der Waals surface area contributed by atoms with Gasteiger partial charge in [-0.3, -0.25) is 4.79 Å². The molecule has 0 fully saturated rings. The number of carbonyl (C=O) groups excluding carboxylic acids is 1. The summed E-state index contributed by atoms with van der Waals surface area (Å²) >= 11 is 6.90. The van der Waals surface area contributed by atoms with Crippen LogP contribution in [-0.4, -0.2) is 6.29 Å². The van der Waals surface area contributed by atoms with Crippen molar-refractivity contribution >= 4 is 38.1 Å². The van der Waals surface area contributed by atoms with Gasteiger partial charge in [-0.15, -0.1) is 0 Å². The van der Waals surface area contributed by atoms with Crippen LogP contribution in [0.5, 0.6) is 0 Å². The molecule has 80 valence electrons. The molecule has 0 atom stereocenters. The maximum absolute atomic E-state index is 10.5. The quantitative estimate of drug-likeness (QED) is 0.725. The third kappa shape index (κ3) is 2.60.